The SMILES string of the molecule is CCC(C)OCc1cccc(Cl)c1F. The molecule has 1 nitrogen and oxygen atoms in total. The van der Waals surface area contributed by atoms with E-state index >= 15 is 0 Å². The lowest BCUT2D eigenvalue weighted by molar-refractivity contribution is 0.0492. The van der Waals surface area contributed by atoms with E-state index in [1.165, 1.54) is 6.07 Å². The average Bonchev–Trinajstić information content (AvgIpc) is 2.20. The van der Waals surface area contributed by atoms with Crippen LogP contribution in [0.5, 0.6) is 0 Å². The van der Waals surface area contributed by atoms with Crippen LogP contribution in [0, 0.1) is 5.82 Å². The van der Waals surface area contributed by atoms with Gasteiger partial charge in [0.2, 0.25) is 0 Å². The molecule has 14 heavy (non-hydrogen) atoms. The summed E-state index contributed by atoms with van der Waals surface area (Å²) < 4.78 is 18.8. The summed E-state index contributed by atoms with van der Waals surface area (Å²) in [5.41, 5.74) is 0.512. The lowest BCUT2D eigenvalue weighted by atomic mass is 10.2. The number of hydrogen-bond donors (Lipinski definition) is 0. The van der Waals surface area contributed by atoms with Crippen LogP contribution in [0.2, 0.25) is 5.02 Å². The minimum Gasteiger partial charge on any atom is -0.374 e. The van der Waals surface area contributed by atoms with E-state index in [-0.39, 0.29) is 23.6 Å². The largest absolute Gasteiger partial charge is 0.374 e. The molecule has 0 aliphatic heterocycles. The summed E-state index contributed by atoms with van der Waals surface area (Å²) in [6.07, 6.45) is 1.07. The van der Waals surface area contributed by atoms with Crippen molar-refractivity contribution >= 4 is 11.6 Å². The second-order valence-corrected chi connectivity index (χ2v) is 3.65. The van der Waals surface area contributed by atoms with Gasteiger partial charge >= 0.3 is 0 Å². The quantitative estimate of drug-likeness (QED) is 0.744. The average molecular weight is 217 g/mol. The van der Waals surface area contributed by atoms with Crippen molar-refractivity contribution in [2.45, 2.75) is 33.0 Å². The van der Waals surface area contributed by atoms with Crippen LogP contribution >= 0.6 is 11.6 Å². The topological polar surface area (TPSA) is 9.23 Å². The number of halogens is 2. The van der Waals surface area contributed by atoms with Crippen molar-refractivity contribution in [3.8, 4) is 0 Å². The van der Waals surface area contributed by atoms with Gasteiger partial charge in [0, 0.05) is 5.56 Å². The van der Waals surface area contributed by atoms with Crippen molar-refractivity contribution < 1.29 is 9.13 Å². The normalized spacial score (nSPS) is 12.9. The predicted molar refractivity (Wildman–Crippen MR) is 56.0 cm³/mol. The molecule has 0 aromatic heterocycles. The molecule has 0 aliphatic carbocycles. The Morgan fingerprint density at radius 1 is 1.50 bits per heavy atom. The number of benzene rings is 1. The van der Waals surface area contributed by atoms with Gasteiger partial charge in [-0.3, -0.25) is 0 Å². The molecule has 0 radical (unpaired) electrons. The number of ether oxygens (including phenoxy) is 1. The summed E-state index contributed by atoms with van der Waals surface area (Å²) in [6.45, 7) is 4.27. The summed E-state index contributed by atoms with van der Waals surface area (Å²) in [4.78, 5) is 0. The maximum absolute atomic E-state index is 13.3. The van der Waals surface area contributed by atoms with E-state index in [0.29, 0.717) is 5.56 Å². The van der Waals surface area contributed by atoms with Crippen LogP contribution in [-0.4, -0.2) is 6.10 Å². The summed E-state index contributed by atoms with van der Waals surface area (Å²) in [5, 5.41) is 0.148. The third-order valence-electron chi connectivity index (χ3n) is 2.13. The lowest BCUT2D eigenvalue weighted by Crippen LogP contribution is -2.07. The van der Waals surface area contributed by atoms with Crippen molar-refractivity contribution in [2.75, 3.05) is 0 Å². The lowest BCUT2D eigenvalue weighted by Gasteiger charge is -2.11. The summed E-state index contributed by atoms with van der Waals surface area (Å²) in [5.74, 6) is -0.377. The van der Waals surface area contributed by atoms with E-state index < -0.39 is 0 Å². The third kappa shape index (κ3) is 2.96. The van der Waals surface area contributed by atoms with Gasteiger partial charge in [0.15, 0.2) is 0 Å². The van der Waals surface area contributed by atoms with Crippen LogP contribution in [0.3, 0.4) is 0 Å². The molecule has 1 aromatic carbocycles. The van der Waals surface area contributed by atoms with Gasteiger partial charge < -0.3 is 4.74 Å². The van der Waals surface area contributed by atoms with E-state index in [1.54, 1.807) is 12.1 Å². The van der Waals surface area contributed by atoms with Crippen LogP contribution in [-0.2, 0) is 11.3 Å². The summed E-state index contributed by atoms with van der Waals surface area (Å²) in [7, 11) is 0. The molecule has 3 heteroatoms. The van der Waals surface area contributed by atoms with Gasteiger partial charge in [-0.25, -0.2) is 4.39 Å². The standard InChI is InChI=1S/C11H14ClFO/c1-3-8(2)14-7-9-5-4-6-10(12)11(9)13/h4-6,8H,3,7H2,1-2H3. The van der Waals surface area contributed by atoms with E-state index in [9.17, 15) is 4.39 Å². The monoisotopic (exact) mass is 216 g/mol. The third-order valence-corrected chi connectivity index (χ3v) is 2.42. The van der Waals surface area contributed by atoms with Crippen molar-refractivity contribution in [2.24, 2.45) is 0 Å². The molecular formula is C11H14ClFO. The predicted octanol–water partition coefficient (Wildman–Crippen LogP) is 3.79. The minimum atomic E-state index is -0.377. The zero-order valence-electron chi connectivity index (χ0n) is 8.39. The highest BCUT2D eigenvalue weighted by atomic mass is 35.5. The fourth-order valence-electron chi connectivity index (χ4n) is 1.01. The van der Waals surface area contributed by atoms with Gasteiger partial charge in [-0.2, -0.15) is 0 Å². The van der Waals surface area contributed by atoms with Crippen LogP contribution < -0.4 is 0 Å². The fraction of sp³-hybridized carbons (Fsp3) is 0.455. The smallest absolute Gasteiger partial charge is 0.147 e. The Bertz CT molecular complexity index is 301. The Morgan fingerprint density at radius 2 is 2.21 bits per heavy atom. The molecule has 0 saturated carbocycles. The number of rotatable bonds is 4. The summed E-state index contributed by atoms with van der Waals surface area (Å²) in [6, 6.07) is 4.94. The van der Waals surface area contributed by atoms with Crippen LogP contribution in [0.1, 0.15) is 25.8 Å². The van der Waals surface area contributed by atoms with E-state index in [0.717, 1.165) is 6.42 Å². The highest BCUT2D eigenvalue weighted by molar-refractivity contribution is 6.30. The van der Waals surface area contributed by atoms with Gasteiger partial charge in [-0.15, -0.1) is 0 Å². The maximum Gasteiger partial charge on any atom is 0.147 e. The summed E-state index contributed by atoms with van der Waals surface area (Å²) >= 11 is 5.63. The second-order valence-electron chi connectivity index (χ2n) is 3.24. The first kappa shape index (κ1) is 11.5. The van der Waals surface area contributed by atoms with Gasteiger partial charge in [-0.05, 0) is 19.4 Å². The molecule has 0 heterocycles. The van der Waals surface area contributed by atoms with Crippen molar-refractivity contribution in [3.05, 3.63) is 34.6 Å². The molecule has 0 N–H and O–H groups in total. The zero-order valence-corrected chi connectivity index (χ0v) is 9.14. The highest BCUT2D eigenvalue weighted by Crippen LogP contribution is 2.18. The Kier molecular flexibility index (Phi) is 4.36. The molecule has 1 aromatic rings. The van der Waals surface area contributed by atoms with Gasteiger partial charge in [0.25, 0.3) is 0 Å². The van der Waals surface area contributed by atoms with Gasteiger partial charge in [0.05, 0.1) is 17.7 Å². The Balaban J connectivity index is 2.63. The Labute approximate surface area is 88.8 Å². The second kappa shape index (κ2) is 5.32. The first-order valence-electron chi connectivity index (χ1n) is 4.69. The van der Waals surface area contributed by atoms with Crippen LogP contribution in [0.25, 0.3) is 0 Å². The molecule has 0 saturated heterocycles. The molecule has 1 rings (SSSR count). The zero-order chi connectivity index (χ0) is 10.6. The van der Waals surface area contributed by atoms with E-state index in [4.69, 9.17) is 16.3 Å². The molecule has 0 spiro atoms. The van der Waals surface area contributed by atoms with Gasteiger partial charge in [-0.1, -0.05) is 30.7 Å². The number of hydrogen-bond acceptors (Lipinski definition) is 1. The fourth-order valence-corrected chi connectivity index (χ4v) is 1.20. The molecule has 0 amide bonds. The van der Waals surface area contributed by atoms with Crippen LogP contribution in [0.15, 0.2) is 18.2 Å². The Morgan fingerprint density at radius 3 is 2.86 bits per heavy atom. The molecule has 78 valence electrons. The Hall–Kier alpha value is -0.600. The molecule has 1 unspecified atom stereocenters. The van der Waals surface area contributed by atoms with E-state index in [1.807, 2.05) is 13.8 Å². The molecule has 1 atom stereocenters. The first-order valence-corrected chi connectivity index (χ1v) is 5.07. The molecular weight excluding hydrogens is 203 g/mol. The van der Waals surface area contributed by atoms with Gasteiger partial charge in [0.1, 0.15) is 5.82 Å². The van der Waals surface area contributed by atoms with E-state index in [2.05, 4.69) is 0 Å². The maximum atomic E-state index is 13.3. The molecule has 0 aliphatic rings. The molecule has 0 fully saturated rings. The molecule has 0 bridgehead atoms. The van der Waals surface area contributed by atoms with Crippen molar-refractivity contribution in [1.82, 2.24) is 0 Å². The highest BCUT2D eigenvalue weighted by Gasteiger charge is 2.07. The minimum absolute atomic E-state index is 0.147. The van der Waals surface area contributed by atoms with Crippen molar-refractivity contribution in [3.63, 3.8) is 0 Å². The van der Waals surface area contributed by atoms with Crippen LogP contribution in [0.4, 0.5) is 4.39 Å². The first-order chi connectivity index (χ1) is 6.65. The van der Waals surface area contributed by atoms with Crippen molar-refractivity contribution in [1.29, 1.82) is 0 Å².